The summed E-state index contributed by atoms with van der Waals surface area (Å²) in [5.74, 6) is 0.821. The van der Waals surface area contributed by atoms with Crippen molar-refractivity contribution < 1.29 is 4.74 Å². The van der Waals surface area contributed by atoms with Gasteiger partial charge < -0.3 is 9.72 Å². The number of methoxy groups -OCH3 is 1. The quantitative estimate of drug-likeness (QED) is 0.729. The third kappa shape index (κ3) is 1.54. The molecule has 0 aliphatic heterocycles. The van der Waals surface area contributed by atoms with E-state index in [1.165, 1.54) is 0 Å². The SMILES string of the molecule is COc1c[nH]c2cccc(-c3cnccn3)c12. The fourth-order valence-corrected chi connectivity index (χ4v) is 1.97. The summed E-state index contributed by atoms with van der Waals surface area (Å²) in [6, 6.07) is 6.02. The number of nitrogens with one attached hydrogen (secondary N) is 1. The first kappa shape index (κ1) is 9.84. The molecule has 0 bridgehead atoms. The van der Waals surface area contributed by atoms with Gasteiger partial charge in [-0.05, 0) is 6.07 Å². The number of ether oxygens (including phenoxy) is 1. The van der Waals surface area contributed by atoms with Gasteiger partial charge in [0, 0.05) is 29.7 Å². The highest BCUT2D eigenvalue weighted by atomic mass is 16.5. The zero-order valence-electron chi connectivity index (χ0n) is 9.34. The average Bonchev–Trinajstić information content (AvgIpc) is 2.82. The van der Waals surface area contributed by atoms with Crippen LogP contribution < -0.4 is 4.74 Å². The molecule has 0 aliphatic rings. The predicted molar refractivity (Wildman–Crippen MR) is 65.9 cm³/mol. The number of aromatic nitrogens is 3. The van der Waals surface area contributed by atoms with Gasteiger partial charge in [-0.15, -0.1) is 0 Å². The van der Waals surface area contributed by atoms with Gasteiger partial charge in [-0.2, -0.15) is 0 Å². The van der Waals surface area contributed by atoms with E-state index in [0.717, 1.165) is 27.9 Å². The molecule has 4 heteroatoms. The lowest BCUT2D eigenvalue weighted by Crippen LogP contribution is -1.87. The van der Waals surface area contributed by atoms with E-state index in [1.807, 2.05) is 24.4 Å². The fraction of sp³-hybridized carbons (Fsp3) is 0.0769. The van der Waals surface area contributed by atoms with Crippen molar-refractivity contribution in [3.8, 4) is 17.0 Å². The van der Waals surface area contributed by atoms with Crippen LogP contribution in [0.3, 0.4) is 0 Å². The summed E-state index contributed by atoms with van der Waals surface area (Å²) < 4.78 is 5.35. The molecule has 0 fully saturated rings. The topological polar surface area (TPSA) is 50.8 Å². The van der Waals surface area contributed by atoms with Crippen molar-refractivity contribution in [1.82, 2.24) is 15.0 Å². The maximum absolute atomic E-state index is 5.35. The van der Waals surface area contributed by atoms with Crippen molar-refractivity contribution in [1.29, 1.82) is 0 Å². The van der Waals surface area contributed by atoms with Gasteiger partial charge in [-0.3, -0.25) is 9.97 Å². The van der Waals surface area contributed by atoms with E-state index in [4.69, 9.17) is 4.74 Å². The monoisotopic (exact) mass is 225 g/mol. The van der Waals surface area contributed by atoms with Gasteiger partial charge in [-0.1, -0.05) is 12.1 Å². The molecular formula is C13H11N3O. The lowest BCUT2D eigenvalue weighted by molar-refractivity contribution is 0.420. The Kier molecular flexibility index (Phi) is 2.26. The van der Waals surface area contributed by atoms with Crippen LogP contribution in [0.1, 0.15) is 0 Å². The molecule has 0 saturated carbocycles. The summed E-state index contributed by atoms with van der Waals surface area (Å²) >= 11 is 0. The summed E-state index contributed by atoms with van der Waals surface area (Å²) in [5, 5.41) is 1.04. The molecule has 0 radical (unpaired) electrons. The number of H-pyrrole nitrogens is 1. The number of rotatable bonds is 2. The van der Waals surface area contributed by atoms with Gasteiger partial charge in [0.25, 0.3) is 0 Å². The molecule has 0 unspecified atom stereocenters. The van der Waals surface area contributed by atoms with Crippen LogP contribution in [-0.2, 0) is 0 Å². The largest absolute Gasteiger partial charge is 0.494 e. The normalized spacial score (nSPS) is 10.6. The lowest BCUT2D eigenvalue weighted by Gasteiger charge is -2.04. The van der Waals surface area contributed by atoms with E-state index in [2.05, 4.69) is 15.0 Å². The van der Waals surface area contributed by atoms with Crippen LogP contribution in [0.15, 0.2) is 43.0 Å². The highest BCUT2D eigenvalue weighted by Gasteiger charge is 2.10. The summed E-state index contributed by atoms with van der Waals surface area (Å²) in [4.78, 5) is 11.6. The van der Waals surface area contributed by atoms with Crippen LogP contribution >= 0.6 is 0 Å². The van der Waals surface area contributed by atoms with Gasteiger partial charge in [0.2, 0.25) is 0 Å². The Hall–Kier alpha value is -2.36. The molecule has 2 heterocycles. The molecular weight excluding hydrogens is 214 g/mol. The number of fused-ring (bicyclic) bond motifs is 1. The molecule has 0 spiro atoms. The van der Waals surface area contributed by atoms with Crippen LogP contribution in [0, 0.1) is 0 Å². The van der Waals surface area contributed by atoms with Gasteiger partial charge in [0.1, 0.15) is 5.75 Å². The Bertz CT molecular complexity index is 646. The second-order valence-corrected chi connectivity index (χ2v) is 3.68. The maximum atomic E-state index is 5.35. The molecule has 1 aromatic carbocycles. The molecule has 0 aliphatic carbocycles. The lowest BCUT2D eigenvalue weighted by atomic mass is 10.1. The minimum Gasteiger partial charge on any atom is -0.494 e. The third-order valence-electron chi connectivity index (χ3n) is 2.73. The molecule has 0 atom stereocenters. The predicted octanol–water partition coefficient (Wildman–Crippen LogP) is 2.63. The molecule has 2 aromatic heterocycles. The highest BCUT2D eigenvalue weighted by molar-refractivity contribution is 5.98. The summed E-state index contributed by atoms with van der Waals surface area (Å²) in [6.45, 7) is 0. The van der Waals surface area contributed by atoms with Crippen LogP contribution in [0.2, 0.25) is 0 Å². The van der Waals surface area contributed by atoms with E-state index < -0.39 is 0 Å². The number of hydrogen-bond donors (Lipinski definition) is 1. The van der Waals surface area contributed by atoms with Gasteiger partial charge in [0.15, 0.2) is 0 Å². The van der Waals surface area contributed by atoms with Crippen molar-refractivity contribution in [2.75, 3.05) is 7.11 Å². The maximum Gasteiger partial charge on any atom is 0.144 e. The number of nitrogens with zero attached hydrogens (tertiary/aromatic N) is 2. The molecule has 84 valence electrons. The summed E-state index contributed by atoms with van der Waals surface area (Å²) in [7, 11) is 1.66. The summed E-state index contributed by atoms with van der Waals surface area (Å²) in [6.07, 6.45) is 6.96. The summed E-state index contributed by atoms with van der Waals surface area (Å²) in [5.41, 5.74) is 2.90. The van der Waals surface area contributed by atoms with Crippen molar-refractivity contribution in [2.45, 2.75) is 0 Å². The second kappa shape index (κ2) is 3.90. The van der Waals surface area contributed by atoms with E-state index >= 15 is 0 Å². The van der Waals surface area contributed by atoms with E-state index in [0.29, 0.717) is 0 Å². The van der Waals surface area contributed by atoms with Crippen molar-refractivity contribution in [3.05, 3.63) is 43.0 Å². The Morgan fingerprint density at radius 3 is 2.94 bits per heavy atom. The molecule has 3 rings (SSSR count). The molecule has 0 saturated heterocycles. The fourth-order valence-electron chi connectivity index (χ4n) is 1.97. The van der Waals surface area contributed by atoms with Crippen LogP contribution in [0.25, 0.3) is 22.2 Å². The number of benzene rings is 1. The van der Waals surface area contributed by atoms with Crippen molar-refractivity contribution in [3.63, 3.8) is 0 Å². The molecule has 4 nitrogen and oxygen atoms in total. The smallest absolute Gasteiger partial charge is 0.144 e. The molecule has 0 amide bonds. The second-order valence-electron chi connectivity index (χ2n) is 3.68. The zero-order chi connectivity index (χ0) is 11.7. The van der Waals surface area contributed by atoms with Gasteiger partial charge in [0.05, 0.1) is 24.4 Å². The van der Waals surface area contributed by atoms with E-state index in [9.17, 15) is 0 Å². The zero-order valence-corrected chi connectivity index (χ0v) is 9.34. The standard InChI is InChI=1S/C13H11N3O/c1-17-12-8-16-10-4-2-3-9(13(10)12)11-7-14-5-6-15-11/h2-8,16H,1H3. The Balaban J connectivity index is 2.33. The first-order chi connectivity index (χ1) is 8.40. The number of aromatic amines is 1. The van der Waals surface area contributed by atoms with Crippen LogP contribution in [-0.4, -0.2) is 22.1 Å². The molecule has 17 heavy (non-hydrogen) atoms. The Labute approximate surface area is 98.3 Å². The van der Waals surface area contributed by atoms with E-state index in [-0.39, 0.29) is 0 Å². The van der Waals surface area contributed by atoms with Gasteiger partial charge in [-0.25, -0.2) is 0 Å². The third-order valence-corrected chi connectivity index (χ3v) is 2.73. The van der Waals surface area contributed by atoms with Crippen LogP contribution in [0.5, 0.6) is 5.75 Å². The minimum atomic E-state index is 0.821. The minimum absolute atomic E-state index is 0.821. The van der Waals surface area contributed by atoms with Crippen LogP contribution in [0.4, 0.5) is 0 Å². The van der Waals surface area contributed by atoms with Crippen molar-refractivity contribution in [2.24, 2.45) is 0 Å². The van der Waals surface area contributed by atoms with E-state index in [1.54, 1.807) is 25.7 Å². The molecule has 3 aromatic rings. The van der Waals surface area contributed by atoms with Gasteiger partial charge >= 0.3 is 0 Å². The Morgan fingerprint density at radius 1 is 1.24 bits per heavy atom. The highest BCUT2D eigenvalue weighted by Crippen LogP contribution is 2.33. The first-order valence-corrected chi connectivity index (χ1v) is 5.30. The Morgan fingerprint density at radius 2 is 2.18 bits per heavy atom. The first-order valence-electron chi connectivity index (χ1n) is 5.30. The molecule has 1 N–H and O–H groups in total. The van der Waals surface area contributed by atoms with Crippen molar-refractivity contribution >= 4 is 10.9 Å². The average molecular weight is 225 g/mol. The number of hydrogen-bond acceptors (Lipinski definition) is 3.